The van der Waals surface area contributed by atoms with Gasteiger partial charge in [-0.15, -0.1) is 0 Å². The van der Waals surface area contributed by atoms with Crippen LogP contribution in [0.4, 0.5) is 0 Å². The van der Waals surface area contributed by atoms with Gasteiger partial charge in [-0.05, 0) is 51.2 Å². The molecule has 1 amide bonds. The maximum atomic E-state index is 12.1. The van der Waals surface area contributed by atoms with Gasteiger partial charge >= 0.3 is 0 Å². The third kappa shape index (κ3) is 7.89. The number of nitrogens with one attached hydrogen (secondary N) is 1. The van der Waals surface area contributed by atoms with Gasteiger partial charge in [0, 0.05) is 6.54 Å². The molecule has 1 rings (SSSR count). The molecule has 7 heteroatoms. The fourth-order valence-corrected chi connectivity index (χ4v) is 2.44. The first-order valence-corrected chi connectivity index (χ1v) is 8.61. The maximum Gasteiger partial charge on any atom is 0.237 e. The highest BCUT2D eigenvalue weighted by molar-refractivity contribution is 5.81. The molecule has 0 saturated carbocycles. The fourth-order valence-electron chi connectivity index (χ4n) is 2.44. The number of hydrogen-bond donors (Lipinski definition) is 4. The third-order valence-corrected chi connectivity index (χ3v) is 3.83. The summed E-state index contributed by atoms with van der Waals surface area (Å²) in [4.78, 5) is 16.0. The molecule has 0 fully saturated rings. The van der Waals surface area contributed by atoms with Crippen molar-refractivity contribution in [3.63, 3.8) is 0 Å². The highest BCUT2D eigenvalue weighted by atomic mass is 16.5. The van der Waals surface area contributed by atoms with Crippen molar-refractivity contribution in [1.82, 2.24) is 5.32 Å². The van der Waals surface area contributed by atoms with Crippen molar-refractivity contribution in [2.45, 2.75) is 52.1 Å². The standard InChI is InChI=1S/C18H31N5O2/c1-12-7-6-8-13(2)16(12)25-11-14(3)23-17(24)15(19)9-4-5-10-22-18(20)21/h6-8,14-15H,4-5,9-11,19H2,1-3H3,(H,23,24)(H4,20,21,22). The van der Waals surface area contributed by atoms with Gasteiger partial charge in [0.15, 0.2) is 5.96 Å². The van der Waals surface area contributed by atoms with E-state index >= 15 is 0 Å². The quantitative estimate of drug-likeness (QED) is 0.284. The Balaban J connectivity index is 2.32. The SMILES string of the molecule is Cc1cccc(C)c1OCC(C)NC(=O)C(N)CCCCN=C(N)N. The monoisotopic (exact) mass is 349 g/mol. The number of aryl methyl sites for hydroxylation is 2. The van der Waals surface area contributed by atoms with Crippen LogP contribution in [-0.4, -0.2) is 37.1 Å². The maximum absolute atomic E-state index is 12.1. The first kappa shape index (κ1) is 20.8. The minimum absolute atomic E-state index is 0.0831. The predicted molar refractivity (Wildman–Crippen MR) is 102 cm³/mol. The third-order valence-electron chi connectivity index (χ3n) is 3.83. The summed E-state index contributed by atoms with van der Waals surface area (Å²) in [5.74, 6) is 0.784. The molecule has 7 N–H and O–H groups in total. The molecule has 0 spiro atoms. The number of rotatable bonds is 10. The zero-order valence-electron chi connectivity index (χ0n) is 15.4. The summed E-state index contributed by atoms with van der Waals surface area (Å²) in [6.07, 6.45) is 2.18. The van der Waals surface area contributed by atoms with E-state index < -0.39 is 6.04 Å². The number of carbonyl (C=O) groups is 1. The Bertz CT molecular complexity index is 565. The Morgan fingerprint density at radius 1 is 1.24 bits per heavy atom. The van der Waals surface area contributed by atoms with Crippen LogP contribution in [0.1, 0.15) is 37.3 Å². The normalized spacial score (nSPS) is 13.0. The topological polar surface area (TPSA) is 129 Å². The molecule has 0 bridgehead atoms. The molecule has 7 nitrogen and oxygen atoms in total. The molecule has 0 radical (unpaired) electrons. The summed E-state index contributed by atoms with van der Waals surface area (Å²) in [6, 6.07) is 5.34. The molecule has 25 heavy (non-hydrogen) atoms. The minimum atomic E-state index is -0.540. The van der Waals surface area contributed by atoms with Crippen molar-refractivity contribution in [2.75, 3.05) is 13.2 Å². The van der Waals surface area contributed by atoms with E-state index in [2.05, 4.69) is 10.3 Å². The lowest BCUT2D eigenvalue weighted by Crippen LogP contribution is -2.46. The number of unbranched alkanes of at least 4 members (excludes halogenated alkanes) is 1. The minimum Gasteiger partial charge on any atom is -0.491 e. The van der Waals surface area contributed by atoms with Crippen LogP contribution in [-0.2, 0) is 4.79 Å². The summed E-state index contributed by atoms with van der Waals surface area (Å²) < 4.78 is 5.85. The van der Waals surface area contributed by atoms with Crippen molar-refractivity contribution in [3.8, 4) is 5.75 Å². The molecule has 140 valence electrons. The summed E-state index contributed by atoms with van der Waals surface area (Å²) in [5.41, 5.74) is 18.6. The molecule has 1 aromatic carbocycles. The van der Waals surface area contributed by atoms with Crippen LogP contribution in [0.3, 0.4) is 0 Å². The van der Waals surface area contributed by atoms with Gasteiger partial charge in [0.25, 0.3) is 0 Å². The van der Waals surface area contributed by atoms with E-state index in [1.807, 2.05) is 39.0 Å². The molecule has 1 aromatic rings. The number of guanidine groups is 1. The number of hydrogen-bond acceptors (Lipinski definition) is 4. The Kier molecular flexibility index (Phi) is 8.77. The Labute approximate surface area is 150 Å². The summed E-state index contributed by atoms with van der Waals surface area (Å²) in [6.45, 7) is 6.86. The Morgan fingerprint density at radius 2 is 1.88 bits per heavy atom. The van der Waals surface area contributed by atoms with Gasteiger partial charge in [-0.3, -0.25) is 9.79 Å². The van der Waals surface area contributed by atoms with Gasteiger partial charge in [0.2, 0.25) is 5.91 Å². The summed E-state index contributed by atoms with van der Waals surface area (Å²) in [5, 5.41) is 2.89. The van der Waals surface area contributed by atoms with Crippen LogP contribution in [0, 0.1) is 13.8 Å². The molecule has 0 aliphatic heterocycles. The smallest absolute Gasteiger partial charge is 0.237 e. The van der Waals surface area contributed by atoms with Crippen LogP contribution in [0.5, 0.6) is 5.75 Å². The van der Waals surface area contributed by atoms with E-state index in [1.165, 1.54) is 0 Å². The lowest BCUT2D eigenvalue weighted by molar-refractivity contribution is -0.123. The van der Waals surface area contributed by atoms with E-state index in [0.29, 0.717) is 19.6 Å². The molecule has 0 heterocycles. The molecule has 0 aromatic heterocycles. The van der Waals surface area contributed by atoms with E-state index in [9.17, 15) is 4.79 Å². The fraction of sp³-hybridized carbons (Fsp3) is 0.556. The van der Waals surface area contributed by atoms with Crippen LogP contribution in [0.25, 0.3) is 0 Å². The van der Waals surface area contributed by atoms with E-state index in [0.717, 1.165) is 29.7 Å². The highest BCUT2D eigenvalue weighted by Gasteiger charge is 2.16. The van der Waals surface area contributed by atoms with Crippen molar-refractivity contribution < 1.29 is 9.53 Å². The van der Waals surface area contributed by atoms with Gasteiger partial charge < -0.3 is 27.3 Å². The number of nitrogens with zero attached hydrogens (tertiary/aromatic N) is 1. The number of benzene rings is 1. The second kappa shape index (κ2) is 10.6. The molecular weight excluding hydrogens is 318 g/mol. The van der Waals surface area contributed by atoms with Crippen LogP contribution >= 0.6 is 0 Å². The van der Waals surface area contributed by atoms with Crippen LogP contribution in [0.15, 0.2) is 23.2 Å². The zero-order valence-corrected chi connectivity index (χ0v) is 15.4. The van der Waals surface area contributed by atoms with Crippen LogP contribution < -0.4 is 27.3 Å². The Hall–Kier alpha value is -2.28. The molecule has 2 unspecified atom stereocenters. The average molecular weight is 349 g/mol. The van der Waals surface area contributed by atoms with E-state index in [4.69, 9.17) is 21.9 Å². The zero-order chi connectivity index (χ0) is 18.8. The van der Waals surface area contributed by atoms with Gasteiger partial charge in [-0.1, -0.05) is 18.2 Å². The number of nitrogens with two attached hydrogens (primary N) is 3. The molecular formula is C18H31N5O2. The average Bonchev–Trinajstić information content (AvgIpc) is 2.53. The van der Waals surface area contributed by atoms with Gasteiger partial charge in [0.1, 0.15) is 12.4 Å². The molecule has 0 aliphatic carbocycles. The largest absolute Gasteiger partial charge is 0.491 e. The first-order chi connectivity index (χ1) is 11.8. The van der Waals surface area contributed by atoms with Crippen molar-refractivity contribution in [1.29, 1.82) is 0 Å². The number of amides is 1. The van der Waals surface area contributed by atoms with E-state index in [1.54, 1.807) is 0 Å². The lowest BCUT2D eigenvalue weighted by atomic mass is 10.1. The number of aliphatic imine (C=N–C) groups is 1. The highest BCUT2D eigenvalue weighted by Crippen LogP contribution is 2.22. The lowest BCUT2D eigenvalue weighted by Gasteiger charge is -2.19. The predicted octanol–water partition coefficient (Wildman–Crippen LogP) is 0.958. The molecule has 0 aliphatic rings. The van der Waals surface area contributed by atoms with Gasteiger partial charge in [0.05, 0.1) is 12.1 Å². The number of carbonyl (C=O) groups excluding carboxylic acids is 1. The first-order valence-electron chi connectivity index (χ1n) is 8.61. The number of para-hydroxylation sites is 1. The molecule has 0 saturated heterocycles. The Morgan fingerprint density at radius 3 is 2.48 bits per heavy atom. The van der Waals surface area contributed by atoms with E-state index in [-0.39, 0.29) is 17.9 Å². The second-order valence-electron chi connectivity index (χ2n) is 6.35. The summed E-state index contributed by atoms with van der Waals surface area (Å²) >= 11 is 0. The second-order valence-corrected chi connectivity index (χ2v) is 6.35. The van der Waals surface area contributed by atoms with Crippen molar-refractivity contribution >= 4 is 11.9 Å². The van der Waals surface area contributed by atoms with Crippen molar-refractivity contribution in [2.24, 2.45) is 22.2 Å². The number of ether oxygens (including phenoxy) is 1. The van der Waals surface area contributed by atoms with Gasteiger partial charge in [-0.2, -0.15) is 0 Å². The van der Waals surface area contributed by atoms with Crippen molar-refractivity contribution in [3.05, 3.63) is 29.3 Å². The van der Waals surface area contributed by atoms with Gasteiger partial charge in [-0.25, -0.2) is 0 Å². The summed E-state index contributed by atoms with van der Waals surface area (Å²) in [7, 11) is 0. The van der Waals surface area contributed by atoms with Crippen LogP contribution in [0.2, 0.25) is 0 Å². The molecule has 2 atom stereocenters.